The Bertz CT molecular complexity index is 215. The van der Waals surface area contributed by atoms with Crippen LogP contribution in [0.3, 0.4) is 0 Å². The first kappa shape index (κ1) is 12.2. The van der Waals surface area contributed by atoms with Crippen LogP contribution in [0, 0.1) is 22.7 Å². The molecule has 0 saturated carbocycles. The predicted octanol–water partition coefficient (Wildman–Crippen LogP) is 2.93. The Morgan fingerprint density at radius 2 is 2.08 bits per heavy atom. The van der Waals surface area contributed by atoms with E-state index in [-0.39, 0.29) is 5.78 Å². The normalized spacial score (nSPS) is 15.1. The Morgan fingerprint density at radius 3 is 2.38 bits per heavy atom. The van der Waals surface area contributed by atoms with Gasteiger partial charge in [-0.3, -0.25) is 4.79 Å². The quantitative estimate of drug-likeness (QED) is 0.654. The number of hydrogen-bond donors (Lipinski definition) is 0. The number of nitriles is 1. The van der Waals surface area contributed by atoms with Gasteiger partial charge in [0, 0.05) is 0 Å². The zero-order valence-electron chi connectivity index (χ0n) is 9.05. The minimum absolute atomic E-state index is 0.0150. The van der Waals surface area contributed by atoms with Crippen LogP contribution in [0.1, 0.15) is 47.0 Å². The van der Waals surface area contributed by atoms with E-state index in [1.54, 1.807) is 6.92 Å². The lowest BCUT2D eigenvalue weighted by molar-refractivity contribution is -0.123. The molecule has 2 nitrogen and oxygen atoms in total. The smallest absolute Gasteiger partial charge is 0.149 e. The van der Waals surface area contributed by atoms with Crippen LogP contribution in [0.25, 0.3) is 0 Å². The summed E-state index contributed by atoms with van der Waals surface area (Å²) in [5, 5.41) is 8.85. The van der Waals surface area contributed by atoms with Crippen LogP contribution in [0.2, 0.25) is 0 Å². The molecule has 13 heavy (non-hydrogen) atoms. The van der Waals surface area contributed by atoms with E-state index in [0.717, 1.165) is 12.8 Å². The molecule has 0 aromatic heterocycles. The van der Waals surface area contributed by atoms with Crippen LogP contribution < -0.4 is 0 Å². The number of ketones is 1. The first-order chi connectivity index (χ1) is 5.92. The topological polar surface area (TPSA) is 40.9 Å². The van der Waals surface area contributed by atoms with Crippen LogP contribution in [-0.2, 0) is 4.79 Å². The lowest BCUT2D eigenvalue weighted by Crippen LogP contribution is -2.23. The number of nitrogens with zero attached hydrogens (tertiary/aromatic N) is 1. The Hall–Kier alpha value is -0.840. The second-order valence-corrected chi connectivity index (χ2v) is 4.29. The number of hydrogen-bond acceptors (Lipinski definition) is 2. The van der Waals surface area contributed by atoms with Crippen molar-refractivity contribution in [3.63, 3.8) is 0 Å². The van der Waals surface area contributed by atoms with Crippen LogP contribution in [0.15, 0.2) is 0 Å². The van der Waals surface area contributed by atoms with Crippen LogP contribution in [-0.4, -0.2) is 5.78 Å². The molecule has 1 atom stereocenters. The Kier molecular flexibility index (Phi) is 4.69. The highest BCUT2D eigenvalue weighted by Gasteiger charge is 2.28. The molecule has 0 fully saturated rings. The van der Waals surface area contributed by atoms with Crippen LogP contribution in [0.4, 0.5) is 0 Å². The fourth-order valence-corrected chi connectivity index (χ4v) is 1.17. The molecule has 1 unspecified atom stereocenters. The molecule has 0 spiro atoms. The minimum Gasteiger partial charge on any atom is -0.298 e. The predicted molar refractivity (Wildman–Crippen MR) is 53.1 cm³/mol. The summed E-state index contributed by atoms with van der Waals surface area (Å²) in [5.74, 6) is 0.633. The largest absolute Gasteiger partial charge is 0.298 e. The van der Waals surface area contributed by atoms with Crippen molar-refractivity contribution < 1.29 is 4.79 Å². The standard InChI is InChI=1S/C11H19NO/c1-9(2)6-5-7-11(4,8-12)10(3)13/h9H,5-7H2,1-4H3. The molecule has 0 amide bonds. The second kappa shape index (κ2) is 5.01. The molecule has 0 aliphatic carbocycles. The highest BCUT2D eigenvalue weighted by molar-refractivity contribution is 5.84. The Morgan fingerprint density at radius 1 is 1.54 bits per heavy atom. The van der Waals surface area contributed by atoms with Crippen molar-refractivity contribution in [2.24, 2.45) is 11.3 Å². The molecule has 2 heteroatoms. The lowest BCUT2D eigenvalue weighted by Gasteiger charge is -2.17. The van der Waals surface area contributed by atoms with Gasteiger partial charge in [0.1, 0.15) is 11.2 Å². The molecular weight excluding hydrogens is 162 g/mol. The molecule has 0 N–H and O–H groups in total. The molecule has 74 valence electrons. The van der Waals surface area contributed by atoms with E-state index in [1.165, 1.54) is 6.92 Å². The van der Waals surface area contributed by atoms with Gasteiger partial charge >= 0.3 is 0 Å². The van der Waals surface area contributed by atoms with Crippen molar-refractivity contribution in [3.05, 3.63) is 0 Å². The minimum atomic E-state index is -0.755. The lowest BCUT2D eigenvalue weighted by atomic mass is 9.82. The average molecular weight is 181 g/mol. The average Bonchev–Trinajstić information content (AvgIpc) is 2.03. The van der Waals surface area contributed by atoms with E-state index < -0.39 is 5.41 Å². The SMILES string of the molecule is CC(=O)C(C)(C#N)CCCC(C)C. The van der Waals surface area contributed by atoms with Crippen molar-refractivity contribution >= 4 is 5.78 Å². The van der Waals surface area contributed by atoms with Gasteiger partial charge in [0.25, 0.3) is 0 Å². The van der Waals surface area contributed by atoms with E-state index in [4.69, 9.17) is 5.26 Å². The molecule has 0 aliphatic heterocycles. The molecule has 0 saturated heterocycles. The number of Topliss-reactive ketones (excluding diaryl/α,β-unsaturated/α-hetero) is 1. The first-order valence-electron chi connectivity index (χ1n) is 4.84. The highest BCUT2D eigenvalue weighted by atomic mass is 16.1. The van der Waals surface area contributed by atoms with E-state index in [0.29, 0.717) is 12.3 Å². The molecule has 0 bridgehead atoms. The van der Waals surface area contributed by atoms with Crippen molar-refractivity contribution in [2.75, 3.05) is 0 Å². The molecule has 0 aromatic carbocycles. The van der Waals surface area contributed by atoms with Crippen molar-refractivity contribution in [2.45, 2.75) is 47.0 Å². The third-order valence-electron chi connectivity index (χ3n) is 2.48. The molecule has 0 aliphatic rings. The molecule has 0 rings (SSSR count). The third-order valence-corrected chi connectivity index (χ3v) is 2.48. The third kappa shape index (κ3) is 4.07. The summed E-state index contributed by atoms with van der Waals surface area (Å²) in [4.78, 5) is 11.1. The maximum Gasteiger partial charge on any atom is 0.149 e. The van der Waals surface area contributed by atoms with Crippen LogP contribution in [0.5, 0.6) is 0 Å². The van der Waals surface area contributed by atoms with Crippen molar-refractivity contribution in [1.29, 1.82) is 5.26 Å². The Labute approximate surface area is 80.9 Å². The summed E-state index contributed by atoms with van der Waals surface area (Å²) in [6.45, 7) is 7.53. The summed E-state index contributed by atoms with van der Waals surface area (Å²) in [6.07, 6.45) is 2.74. The first-order valence-corrected chi connectivity index (χ1v) is 4.84. The van der Waals surface area contributed by atoms with Gasteiger partial charge in [-0.1, -0.05) is 26.7 Å². The van der Waals surface area contributed by atoms with Gasteiger partial charge < -0.3 is 0 Å². The summed E-state index contributed by atoms with van der Waals surface area (Å²) >= 11 is 0. The molecular formula is C11H19NO. The van der Waals surface area contributed by atoms with E-state index in [9.17, 15) is 4.79 Å². The zero-order chi connectivity index (χ0) is 10.5. The van der Waals surface area contributed by atoms with E-state index in [2.05, 4.69) is 19.9 Å². The van der Waals surface area contributed by atoms with Gasteiger partial charge in [0.2, 0.25) is 0 Å². The van der Waals surface area contributed by atoms with Gasteiger partial charge in [0.15, 0.2) is 0 Å². The van der Waals surface area contributed by atoms with Crippen molar-refractivity contribution in [3.8, 4) is 6.07 Å². The molecule has 0 radical (unpaired) electrons. The van der Waals surface area contributed by atoms with Gasteiger partial charge in [-0.2, -0.15) is 5.26 Å². The van der Waals surface area contributed by atoms with Gasteiger partial charge in [0.05, 0.1) is 6.07 Å². The second-order valence-electron chi connectivity index (χ2n) is 4.29. The monoisotopic (exact) mass is 181 g/mol. The summed E-state index contributed by atoms with van der Waals surface area (Å²) in [6, 6.07) is 2.10. The van der Waals surface area contributed by atoms with E-state index in [1.807, 2.05) is 0 Å². The maximum atomic E-state index is 11.1. The van der Waals surface area contributed by atoms with Gasteiger partial charge in [-0.25, -0.2) is 0 Å². The van der Waals surface area contributed by atoms with Crippen molar-refractivity contribution in [1.82, 2.24) is 0 Å². The fourth-order valence-electron chi connectivity index (χ4n) is 1.17. The highest BCUT2D eigenvalue weighted by Crippen LogP contribution is 2.25. The number of rotatable bonds is 5. The van der Waals surface area contributed by atoms with Gasteiger partial charge in [-0.15, -0.1) is 0 Å². The number of carbonyl (C=O) groups excluding carboxylic acids is 1. The summed E-state index contributed by atoms with van der Waals surface area (Å²) in [7, 11) is 0. The summed E-state index contributed by atoms with van der Waals surface area (Å²) in [5.41, 5.74) is -0.755. The van der Waals surface area contributed by atoms with Crippen LogP contribution >= 0.6 is 0 Å². The Balaban J connectivity index is 4.01. The number of carbonyl (C=O) groups is 1. The zero-order valence-corrected chi connectivity index (χ0v) is 9.05. The summed E-state index contributed by atoms with van der Waals surface area (Å²) < 4.78 is 0. The maximum absolute atomic E-state index is 11.1. The fraction of sp³-hybridized carbons (Fsp3) is 0.818. The van der Waals surface area contributed by atoms with E-state index >= 15 is 0 Å². The van der Waals surface area contributed by atoms with Gasteiger partial charge in [-0.05, 0) is 26.2 Å². The molecule has 0 aromatic rings. The molecule has 0 heterocycles.